The minimum Gasteiger partial charge on any atom is -0.322 e. The van der Waals surface area contributed by atoms with Gasteiger partial charge in [-0.05, 0) is 37.6 Å². The Bertz CT molecular complexity index is 290. The van der Waals surface area contributed by atoms with Gasteiger partial charge in [0, 0.05) is 12.4 Å². The van der Waals surface area contributed by atoms with Crippen molar-refractivity contribution in [2.75, 3.05) is 0 Å². The van der Waals surface area contributed by atoms with Gasteiger partial charge in [-0.1, -0.05) is 0 Å². The summed E-state index contributed by atoms with van der Waals surface area (Å²) in [5, 5.41) is 8.02. The maximum atomic E-state index is 11.7. The lowest BCUT2D eigenvalue weighted by Gasteiger charge is -2.01. The van der Waals surface area contributed by atoms with Crippen LogP contribution < -0.4 is 0 Å². The number of hydrogen-bond acceptors (Lipinski definition) is 3. The Balaban J connectivity index is 2.70. The topological polar surface area (TPSA) is 41.8 Å². The van der Waals surface area contributed by atoms with Crippen molar-refractivity contribution in [3.05, 3.63) is 10.9 Å². The molecule has 1 unspecified atom stereocenters. The molecular weight excluding hydrogens is 183 g/mol. The zero-order valence-electron chi connectivity index (χ0n) is 8.08. The standard InChI is InChI=1S/C9H15N2OP/c1-7(6-11-10-3)8(2)13(12)9-4-5-9/h6,9,13H,3-5H2,1-2H3/b8-7+,11-6-. The molecule has 1 aliphatic carbocycles. The quantitative estimate of drug-likeness (QED) is 0.389. The predicted molar refractivity (Wildman–Crippen MR) is 58.4 cm³/mol. The summed E-state index contributed by atoms with van der Waals surface area (Å²) in [6.07, 6.45) is 3.87. The third-order valence-corrected chi connectivity index (χ3v) is 4.69. The maximum Gasteiger partial charge on any atom is 0.103 e. The summed E-state index contributed by atoms with van der Waals surface area (Å²) in [6.45, 7) is 7.08. The minimum absolute atomic E-state index is 0.463. The second-order valence-corrected chi connectivity index (χ2v) is 5.63. The summed E-state index contributed by atoms with van der Waals surface area (Å²) >= 11 is 0. The molecule has 1 rings (SSSR count). The van der Waals surface area contributed by atoms with Crippen molar-refractivity contribution >= 4 is 20.7 Å². The zero-order valence-corrected chi connectivity index (χ0v) is 9.08. The van der Waals surface area contributed by atoms with Crippen molar-refractivity contribution in [1.29, 1.82) is 0 Å². The van der Waals surface area contributed by atoms with Gasteiger partial charge in [-0.25, -0.2) is 0 Å². The molecule has 0 aromatic heterocycles. The first kappa shape index (κ1) is 10.4. The van der Waals surface area contributed by atoms with Crippen LogP contribution in [-0.4, -0.2) is 18.6 Å². The minimum atomic E-state index is -1.53. The molecule has 0 aromatic carbocycles. The highest BCUT2D eigenvalue weighted by molar-refractivity contribution is 7.50. The maximum absolute atomic E-state index is 11.7. The van der Waals surface area contributed by atoms with Crippen molar-refractivity contribution < 1.29 is 4.57 Å². The van der Waals surface area contributed by atoms with E-state index in [-0.39, 0.29) is 0 Å². The lowest BCUT2D eigenvalue weighted by molar-refractivity contribution is 0.590. The average Bonchev–Trinajstić information content (AvgIpc) is 2.94. The summed E-state index contributed by atoms with van der Waals surface area (Å²) in [5.74, 6) is 0. The van der Waals surface area contributed by atoms with Crippen LogP contribution in [0.2, 0.25) is 0 Å². The Kier molecular flexibility index (Phi) is 3.61. The molecule has 0 saturated heterocycles. The molecule has 4 heteroatoms. The zero-order chi connectivity index (χ0) is 9.84. The SMILES string of the molecule is C=N/N=C\C(C)=C(/C)[PH](=O)C1CC1. The summed E-state index contributed by atoms with van der Waals surface area (Å²) in [7, 11) is -1.53. The monoisotopic (exact) mass is 198 g/mol. The van der Waals surface area contributed by atoms with Crippen LogP contribution in [0.15, 0.2) is 21.1 Å². The molecule has 1 atom stereocenters. The highest BCUT2D eigenvalue weighted by Crippen LogP contribution is 2.50. The summed E-state index contributed by atoms with van der Waals surface area (Å²) in [6, 6.07) is 0. The van der Waals surface area contributed by atoms with Crippen LogP contribution in [0.1, 0.15) is 26.7 Å². The lowest BCUT2D eigenvalue weighted by Crippen LogP contribution is -1.84. The van der Waals surface area contributed by atoms with Crippen molar-refractivity contribution in [2.24, 2.45) is 10.2 Å². The van der Waals surface area contributed by atoms with Crippen LogP contribution in [0.3, 0.4) is 0 Å². The van der Waals surface area contributed by atoms with E-state index in [1.165, 1.54) is 0 Å². The van der Waals surface area contributed by atoms with Crippen LogP contribution in [0.4, 0.5) is 0 Å². The smallest absolute Gasteiger partial charge is 0.103 e. The Morgan fingerprint density at radius 2 is 2.15 bits per heavy atom. The Hall–Kier alpha value is -0.690. The van der Waals surface area contributed by atoms with Gasteiger partial charge in [-0.2, -0.15) is 10.2 Å². The molecule has 1 aliphatic rings. The van der Waals surface area contributed by atoms with Gasteiger partial charge < -0.3 is 4.57 Å². The van der Waals surface area contributed by atoms with E-state index in [4.69, 9.17) is 0 Å². The molecule has 1 saturated carbocycles. The molecule has 1 fully saturated rings. The molecule has 0 amide bonds. The average molecular weight is 198 g/mol. The largest absolute Gasteiger partial charge is 0.322 e. The first-order valence-corrected chi connectivity index (χ1v) is 5.86. The Morgan fingerprint density at radius 1 is 1.54 bits per heavy atom. The van der Waals surface area contributed by atoms with Crippen molar-refractivity contribution in [1.82, 2.24) is 0 Å². The van der Waals surface area contributed by atoms with E-state index in [1.54, 1.807) is 6.21 Å². The van der Waals surface area contributed by atoms with Crippen LogP contribution in [0, 0.1) is 0 Å². The van der Waals surface area contributed by atoms with Crippen LogP contribution in [-0.2, 0) is 4.57 Å². The van der Waals surface area contributed by atoms with E-state index in [9.17, 15) is 4.57 Å². The lowest BCUT2D eigenvalue weighted by atomic mass is 10.3. The van der Waals surface area contributed by atoms with Gasteiger partial charge in [0.25, 0.3) is 0 Å². The number of rotatable bonds is 4. The van der Waals surface area contributed by atoms with Gasteiger partial charge in [0.15, 0.2) is 0 Å². The van der Waals surface area contributed by atoms with E-state index in [0.29, 0.717) is 5.66 Å². The first-order chi connectivity index (χ1) is 6.16. The molecule has 0 radical (unpaired) electrons. The van der Waals surface area contributed by atoms with Crippen molar-refractivity contribution in [3.63, 3.8) is 0 Å². The highest BCUT2D eigenvalue weighted by atomic mass is 31.1. The third kappa shape index (κ3) is 2.92. The molecular formula is C9H15N2OP. The van der Waals surface area contributed by atoms with E-state index in [0.717, 1.165) is 23.7 Å². The molecule has 0 bridgehead atoms. The van der Waals surface area contributed by atoms with E-state index < -0.39 is 7.80 Å². The van der Waals surface area contributed by atoms with Gasteiger partial charge in [-0.3, -0.25) is 0 Å². The van der Waals surface area contributed by atoms with E-state index in [2.05, 4.69) is 16.9 Å². The number of hydrogen-bond donors (Lipinski definition) is 0. The fraction of sp³-hybridized carbons (Fsp3) is 0.556. The number of allylic oxidation sites excluding steroid dienone is 2. The van der Waals surface area contributed by atoms with Crippen LogP contribution in [0.25, 0.3) is 0 Å². The molecule has 0 aliphatic heterocycles. The van der Waals surface area contributed by atoms with Gasteiger partial charge in [0.1, 0.15) is 7.80 Å². The molecule has 3 nitrogen and oxygen atoms in total. The van der Waals surface area contributed by atoms with Gasteiger partial charge in [0.2, 0.25) is 0 Å². The fourth-order valence-corrected chi connectivity index (χ4v) is 2.83. The third-order valence-electron chi connectivity index (χ3n) is 2.24. The molecule has 0 heterocycles. The fourth-order valence-electron chi connectivity index (χ4n) is 1.07. The van der Waals surface area contributed by atoms with Crippen molar-refractivity contribution in [2.45, 2.75) is 32.3 Å². The predicted octanol–water partition coefficient (Wildman–Crippen LogP) is 2.69. The normalized spacial score (nSPS) is 21.4. The second kappa shape index (κ2) is 4.52. The van der Waals surface area contributed by atoms with Gasteiger partial charge in [-0.15, -0.1) is 0 Å². The molecule has 0 aromatic rings. The highest BCUT2D eigenvalue weighted by Gasteiger charge is 2.29. The van der Waals surface area contributed by atoms with Gasteiger partial charge in [0.05, 0.1) is 6.21 Å². The second-order valence-electron chi connectivity index (χ2n) is 3.33. The van der Waals surface area contributed by atoms with E-state index >= 15 is 0 Å². The van der Waals surface area contributed by atoms with Gasteiger partial charge >= 0.3 is 0 Å². The molecule has 0 spiro atoms. The van der Waals surface area contributed by atoms with E-state index in [1.807, 2.05) is 13.8 Å². The molecule has 13 heavy (non-hydrogen) atoms. The summed E-state index contributed by atoms with van der Waals surface area (Å²) in [4.78, 5) is 0. The molecule has 0 N–H and O–H groups in total. The Morgan fingerprint density at radius 3 is 2.62 bits per heavy atom. The molecule has 72 valence electrons. The summed E-state index contributed by atoms with van der Waals surface area (Å²) < 4.78 is 11.7. The van der Waals surface area contributed by atoms with Crippen LogP contribution in [0.5, 0.6) is 0 Å². The van der Waals surface area contributed by atoms with Crippen LogP contribution >= 0.6 is 7.80 Å². The van der Waals surface area contributed by atoms with Crippen molar-refractivity contribution in [3.8, 4) is 0 Å². The Labute approximate surface area is 79.4 Å². The summed E-state index contributed by atoms with van der Waals surface area (Å²) in [5.41, 5.74) is 1.42. The number of nitrogens with zero attached hydrogens (tertiary/aromatic N) is 2. The first-order valence-electron chi connectivity index (χ1n) is 4.37.